The van der Waals surface area contributed by atoms with E-state index in [2.05, 4.69) is 14.8 Å². The first-order valence-corrected chi connectivity index (χ1v) is 11.6. The number of carbonyl (C=O) groups is 1. The van der Waals surface area contributed by atoms with Gasteiger partial charge >= 0.3 is 5.97 Å². The lowest BCUT2D eigenvalue weighted by molar-refractivity contribution is -0.131. The number of nitrogens with zero attached hydrogens (tertiary/aromatic N) is 4. The van der Waals surface area contributed by atoms with Gasteiger partial charge in [0, 0.05) is 34.2 Å². The average Bonchev–Trinajstić information content (AvgIpc) is 3.33. The maximum Gasteiger partial charge on any atom is 0.342 e. The molecule has 0 fully saturated rings. The van der Waals surface area contributed by atoms with E-state index in [4.69, 9.17) is 11.6 Å². The van der Waals surface area contributed by atoms with Gasteiger partial charge in [-0.05, 0) is 86.6 Å². The summed E-state index contributed by atoms with van der Waals surface area (Å²) in [7, 11) is 0. The zero-order valence-electron chi connectivity index (χ0n) is 18.5. The van der Waals surface area contributed by atoms with Gasteiger partial charge in [-0.15, -0.1) is 10.2 Å². The molecule has 1 N–H and O–H groups in total. The fraction of sp³-hybridized carbons (Fsp3) is 0.160. The predicted octanol–water partition coefficient (Wildman–Crippen LogP) is 6.24. The third-order valence-corrected chi connectivity index (χ3v) is 6.57. The molecule has 0 saturated carbocycles. The van der Waals surface area contributed by atoms with Crippen LogP contribution in [0.2, 0.25) is 5.02 Å². The molecule has 2 aromatic heterocycles. The molecule has 0 aliphatic carbocycles. The van der Waals surface area contributed by atoms with Crippen LogP contribution in [0.4, 0.5) is 0 Å². The number of aliphatic carboxylic acids is 1. The molecule has 0 spiro atoms. The molecule has 6 nitrogen and oxygen atoms in total. The van der Waals surface area contributed by atoms with Gasteiger partial charge in [0.25, 0.3) is 0 Å². The summed E-state index contributed by atoms with van der Waals surface area (Å²) in [5, 5.41) is 19.7. The van der Waals surface area contributed by atoms with Gasteiger partial charge in [0.2, 0.25) is 0 Å². The van der Waals surface area contributed by atoms with E-state index in [1.54, 1.807) is 18.2 Å². The summed E-state index contributed by atoms with van der Waals surface area (Å²) in [6.45, 7) is 6.58. The average molecular weight is 479 g/mol. The maximum atomic E-state index is 12.1. The molecule has 0 bridgehead atoms. The third kappa shape index (κ3) is 4.74. The van der Waals surface area contributed by atoms with Crippen LogP contribution in [0, 0.1) is 13.8 Å². The van der Waals surface area contributed by atoms with Gasteiger partial charge < -0.3 is 14.2 Å². The first kappa shape index (κ1) is 22.9. The van der Waals surface area contributed by atoms with E-state index in [1.807, 2.05) is 73.9 Å². The van der Waals surface area contributed by atoms with Crippen LogP contribution in [0.15, 0.2) is 70.7 Å². The molecule has 0 aliphatic rings. The van der Waals surface area contributed by atoms with Crippen molar-refractivity contribution in [2.24, 2.45) is 0 Å². The normalized spacial score (nSPS) is 11.7. The van der Waals surface area contributed by atoms with Crippen LogP contribution < -0.4 is 0 Å². The van der Waals surface area contributed by atoms with E-state index >= 15 is 0 Å². The van der Waals surface area contributed by atoms with Gasteiger partial charge in [0.05, 0.1) is 0 Å². The van der Waals surface area contributed by atoms with Crippen molar-refractivity contribution >= 4 is 35.4 Å². The highest BCUT2D eigenvalue weighted by atomic mass is 35.5. The smallest absolute Gasteiger partial charge is 0.342 e. The number of benzene rings is 2. The van der Waals surface area contributed by atoms with Crippen LogP contribution in [-0.4, -0.2) is 30.4 Å². The Morgan fingerprint density at radius 3 is 2.42 bits per heavy atom. The van der Waals surface area contributed by atoms with Crippen molar-refractivity contribution in [1.82, 2.24) is 19.3 Å². The highest BCUT2D eigenvalue weighted by Gasteiger charge is 2.19. The third-order valence-electron chi connectivity index (χ3n) is 5.32. The summed E-state index contributed by atoms with van der Waals surface area (Å²) in [6.07, 6.45) is 1.70. The van der Waals surface area contributed by atoms with E-state index in [-0.39, 0.29) is 4.91 Å². The zero-order chi connectivity index (χ0) is 23.5. The van der Waals surface area contributed by atoms with Crippen LogP contribution in [0.25, 0.3) is 23.2 Å². The number of thioether (sulfide) groups is 1. The molecule has 0 unspecified atom stereocenters. The largest absolute Gasteiger partial charge is 0.477 e. The molecule has 2 heterocycles. The van der Waals surface area contributed by atoms with Crippen molar-refractivity contribution < 1.29 is 9.90 Å². The van der Waals surface area contributed by atoms with Crippen LogP contribution >= 0.6 is 23.4 Å². The number of aromatic nitrogens is 4. The SMILES string of the molecule is CCn1c(S/C(=C\c2cc(C)n(-c3ccccc3)c2C)C(=O)O)nnc1-c1ccc(Cl)cc1. The molecule has 33 heavy (non-hydrogen) atoms. The molecule has 168 valence electrons. The van der Waals surface area contributed by atoms with Crippen LogP contribution in [0.1, 0.15) is 23.9 Å². The van der Waals surface area contributed by atoms with Gasteiger partial charge in [0.15, 0.2) is 11.0 Å². The summed E-state index contributed by atoms with van der Waals surface area (Å²) in [6, 6.07) is 19.3. The van der Waals surface area contributed by atoms with E-state index in [0.29, 0.717) is 22.5 Å². The zero-order valence-corrected chi connectivity index (χ0v) is 20.1. The fourth-order valence-corrected chi connectivity index (χ4v) is 4.75. The van der Waals surface area contributed by atoms with Crippen LogP contribution in [-0.2, 0) is 11.3 Å². The molecular weight excluding hydrogens is 456 g/mol. The van der Waals surface area contributed by atoms with E-state index in [0.717, 1.165) is 40.0 Å². The fourth-order valence-electron chi connectivity index (χ4n) is 3.74. The van der Waals surface area contributed by atoms with Crippen LogP contribution in [0.5, 0.6) is 0 Å². The van der Waals surface area contributed by atoms with Gasteiger partial charge in [-0.2, -0.15) is 0 Å². The van der Waals surface area contributed by atoms with Gasteiger partial charge in [0.1, 0.15) is 4.91 Å². The summed E-state index contributed by atoms with van der Waals surface area (Å²) in [5.41, 5.74) is 4.75. The standard InChI is InChI=1S/C25H23ClN4O2S/c1-4-29-23(18-10-12-20(26)13-11-18)27-28-25(29)33-22(24(31)32)15-19-14-16(2)30(17(19)3)21-8-6-5-7-9-21/h5-15H,4H2,1-3H3,(H,31,32)/b22-15-. The maximum absolute atomic E-state index is 12.1. The number of rotatable bonds is 7. The first-order chi connectivity index (χ1) is 15.9. The Morgan fingerprint density at radius 1 is 1.09 bits per heavy atom. The predicted molar refractivity (Wildman–Crippen MR) is 133 cm³/mol. The van der Waals surface area contributed by atoms with Crippen molar-refractivity contribution in [2.45, 2.75) is 32.5 Å². The summed E-state index contributed by atoms with van der Waals surface area (Å²) < 4.78 is 4.01. The Balaban J connectivity index is 1.70. The molecule has 0 saturated heterocycles. The minimum absolute atomic E-state index is 0.174. The molecule has 8 heteroatoms. The number of halogens is 1. The van der Waals surface area contributed by atoms with Gasteiger partial charge in [-0.1, -0.05) is 29.8 Å². The summed E-state index contributed by atoms with van der Waals surface area (Å²) >= 11 is 7.10. The van der Waals surface area contributed by atoms with Crippen molar-refractivity contribution in [2.75, 3.05) is 0 Å². The molecule has 4 aromatic rings. The first-order valence-electron chi connectivity index (χ1n) is 10.5. The second kappa shape index (κ2) is 9.68. The monoisotopic (exact) mass is 478 g/mol. The molecular formula is C25H23ClN4O2S. The van der Waals surface area contributed by atoms with E-state index in [1.165, 1.54) is 0 Å². The summed E-state index contributed by atoms with van der Waals surface area (Å²) in [5.74, 6) is -0.341. The Kier molecular flexibility index (Phi) is 6.72. The number of aryl methyl sites for hydroxylation is 1. The molecule has 0 aliphatic heterocycles. The molecule has 4 rings (SSSR count). The van der Waals surface area contributed by atoms with E-state index in [9.17, 15) is 9.90 Å². The van der Waals surface area contributed by atoms with Crippen molar-refractivity contribution in [3.05, 3.63) is 87.5 Å². The Hall–Kier alpha value is -3.29. The number of hydrogen-bond acceptors (Lipinski definition) is 4. The lowest BCUT2D eigenvalue weighted by Gasteiger charge is -2.09. The van der Waals surface area contributed by atoms with Crippen molar-refractivity contribution in [3.8, 4) is 17.1 Å². The topological polar surface area (TPSA) is 72.9 Å². The van der Waals surface area contributed by atoms with Gasteiger partial charge in [-0.25, -0.2) is 4.79 Å². The number of para-hydroxylation sites is 1. The number of carboxylic acids is 1. The quantitative estimate of drug-likeness (QED) is 0.251. The molecule has 0 atom stereocenters. The highest BCUT2D eigenvalue weighted by molar-refractivity contribution is 8.04. The minimum atomic E-state index is -1.01. The second-order valence-electron chi connectivity index (χ2n) is 7.47. The van der Waals surface area contributed by atoms with Crippen molar-refractivity contribution in [3.63, 3.8) is 0 Å². The number of carboxylic acid groups (broad SMARTS) is 1. The van der Waals surface area contributed by atoms with E-state index < -0.39 is 5.97 Å². The van der Waals surface area contributed by atoms with Gasteiger partial charge in [-0.3, -0.25) is 0 Å². The Bertz CT molecular complexity index is 1320. The highest BCUT2D eigenvalue weighted by Crippen LogP contribution is 2.32. The Labute approximate surface area is 201 Å². The van der Waals surface area contributed by atoms with Crippen LogP contribution in [0.3, 0.4) is 0 Å². The Morgan fingerprint density at radius 2 is 1.79 bits per heavy atom. The minimum Gasteiger partial charge on any atom is -0.477 e. The van der Waals surface area contributed by atoms with Crippen molar-refractivity contribution in [1.29, 1.82) is 0 Å². The molecule has 2 aromatic carbocycles. The summed E-state index contributed by atoms with van der Waals surface area (Å²) in [4.78, 5) is 12.3. The lowest BCUT2D eigenvalue weighted by Crippen LogP contribution is -2.03. The number of hydrogen-bond donors (Lipinski definition) is 1. The second-order valence-corrected chi connectivity index (χ2v) is 8.92. The molecule has 0 radical (unpaired) electrons. The lowest BCUT2D eigenvalue weighted by atomic mass is 10.2. The molecule has 0 amide bonds.